The number of aryl methyl sites for hydroxylation is 1. The van der Waals surface area contributed by atoms with Crippen LogP contribution < -0.4 is 0 Å². The predicted molar refractivity (Wildman–Crippen MR) is 91.8 cm³/mol. The van der Waals surface area contributed by atoms with Crippen LogP contribution in [-0.4, -0.2) is 5.11 Å². The highest BCUT2D eigenvalue weighted by Crippen LogP contribution is 2.29. The van der Waals surface area contributed by atoms with Crippen LogP contribution in [0.3, 0.4) is 0 Å². The molecule has 3 heteroatoms. The molecule has 23 heavy (non-hydrogen) atoms. The first-order valence-corrected chi connectivity index (χ1v) is 7.89. The van der Waals surface area contributed by atoms with Crippen molar-refractivity contribution in [2.75, 3.05) is 0 Å². The first-order chi connectivity index (χ1) is 10.7. The Morgan fingerprint density at radius 3 is 2.04 bits per heavy atom. The van der Waals surface area contributed by atoms with Gasteiger partial charge in [-0.1, -0.05) is 48.5 Å². The second kappa shape index (κ2) is 6.83. The second-order valence-electron chi connectivity index (χ2n) is 6.89. The van der Waals surface area contributed by atoms with Crippen molar-refractivity contribution in [3.05, 3.63) is 70.8 Å². The summed E-state index contributed by atoms with van der Waals surface area (Å²) in [5, 5.41) is 10.2. The smallest absolute Gasteiger partial charge is 0.123 e. The molecule has 0 amide bonds. The van der Waals surface area contributed by atoms with Crippen LogP contribution >= 0.6 is 0 Å². The summed E-state index contributed by atoms with van der Waals surface area (Å²) < 4.78 is 0. The van der Waals surface area contributed by atoms with E-state index in [0.29, 0.717) is 0 Å². The fourth-order valence-corrected chi connectivity index (χ4v) is 2.78. The average molecular weight is 314 g/mol. The molecule has 124 valence electrons. The summed E-state index contributed by atoms with van der Waals surface area (Å²) in [7, 11) is 0. The van der Waals surface area contributed by atoms with Gasteiger partial charge in [-0.05, 0) is 56.9 Å². The maximum absolute atomic E-state index is 10.2. The van der Waals surface area contributed by atoms with Gasteiger partial charge in [0.15, 0.2) is 0 Å². The molecule has 2 aromatic carbocycles. The van der Waals surface area contributed by atoms with Gasteiger partial charge in [0.2, 0.25) is 0 Å². The van der Waals surface area contributed by atoms with Crippen molar-refractivity contribution >= 4 is 0 Å². The molecular formula is C20H26O3. The Bertz CT molecular complexity index is 654. The SMILES string of the molecule is Cc1ccccc1C(C)(C)OOCc1ccccc1C(C)(C)O. The van der Waals surface area contributed by atoms with Gasteiger partial charge in [0, 0.05) is 0 Å². The molecule has 0 atom stereocenters. The Labute approximate surface area is 138 Å². The van der Waals surface area contributed by atoms with Gasteiger partial charge in [-0.25, -0.2) is 9.78 Å². The summed E-state index contributed by atoms with van der Waals surface area (Å²) in [5.41, 5.74) is 2.56. The fraction of sp³-hybridized carbons (Fsp3) is 0.400. The Kier molecular flexibility index (Phi) is 5.25. The molecule has 0 aliphatic rings. The number of hydrogen-bond acceptors (Lipinski definition) is 3. The molecule has 0 aliphatic carbocycles. The first-order valence-electron chi connectivity index (χ1n) is 7.89. The minimum absolute atomic E-state index is 0.287. The van der Waals surface area contributed by atoms with Gasteiger partial charge in [0.25, 0.3) is 0 Å². The maximum atomic E-state index is 10.2. The Morgan fingerprint density at radius 1 is 0.870 bits per heavy atom. The van der Waals surface area contributed by atoms with E-state index < -0.39 is 11.2 Å². The minimum Gasteiger partial charge on any atom is -0.386 e. The van der Waals surface area contributed by atoms with E-state index in [2.05, 4.69) is 13.0 Å². The van der Waals surface area contributed by atoms with E-state index in [1.807, 2.05) is 56.3 Å². The molecule has 0 spiro atoms. The van der Waals surface area contributed by atoms with E-state index >= 15 is 0 Å². The highest BCUT2D eigenvalue weighted by molar-refractivity contribution is 5.31. The molecule has 0 bridgehead atoms. The van der Waals surface area contributed by atoms with Crippen LogP contribution in [0.4, 0.5) is 0 Å². The Hall–Kier alpha value is -1.68. The molecule has 3 nitrogen and oxygen atoms in total. The second-order valence-corrected chi connectivity index (χ2v) is 6.89. The number of benzene rings is 2. The lowest BCUT2D eigenvalue weighted by atomic mass is 9.93. The van der Waals surface area contributed by atoms with Gasteiger partial charge in [0.05, 0.1) is 5.60 Å². The third-order valence-electron chi connectivity index (χ3n) is 3.95. The predicted octanol–water partition coefficient (Wildman–Crippen LogP) is 4.61. The topological polar surface area (TPSA) is 38.7 Å². The molecule has 0 saturated heterocycles. The normalized spacial score (nSPS) is 12.4. The third-order valence-corrected chi connectivity index (χ3v) is 3.95. The fourth-order valence-electron chi connectivity index (χ4n) is 2.78. The molecule has 1 N–H and O–H groups in total. The van der Waals surface area contributed by atoms with Crippen molar-refractivity contribution in [3.63, 3.8) is 0 Å². The molecule has 2 rings (SSSR count). The highest BCUT2D eigenvalue weighted by Gasteiger charge is 2.25. The van der Waals surface area contributed by atoms with E-state index in [0.717, 1.165) is 22.3 Å². The summed E-state index contributed by atoms with van der Waals surface area (Å²) in [6.07, 6.45) is 0. The molecule has 0 fully saturated rings. The van der Waals surface area contributed by atoms with Crippen molar-refractivity contribution in [3.8, 4) is 0 Å². The van der Waals surface area contributed by atoms with E-state index in [1.54, 1.807) is 13.8 Å². The number of rotatable bonds is 6. The van der Waals surface area contributed by atoms with Crippen LogP contribution in [-0.2, 0) is 27.6 Å². The van der Waals surface area contributed by atoms with Gasteiger partial charge in [0.1, 0.15) is 12.2 Å². The van der Waals surface area contributed by atoms with Gasteiger partial charge in [-0.2, -0.15) is 0 Å². The van der Waals surface area contributed by atoms with Crippen molar-refractivity contribution in [1.82, 2.24) is 0 Å². The van der Waals surface area contributed by atoms with Gasteiger partial charge >= 0.3 is 0 Å². The van der Waals surface area contributed by atoms with E-state index in [1.165, 1.54) is 0 Å². The van der Waals surface area contributed by atoms with Crippen molar-refractivity contribution in [2.45, 2.75) is 52.4 Å². The molecule has 0 heterocycles. The van der Waals surface area contributed by atoms with Crippen LogP contribution in [0.5, 0.6) is 0 Å². The summed E-state index contributed by atoms with van der Waals surface area (Å²) >= 11 is 0. The van der Waals surface area contributed by atoms with Crippen molar-refractivity contribution < 1.29 is 14.9 Å². The van der Waals surface area contributed by atoms with Crippen LogP contribution in [0.1, 0.15) is 49.9 Å². The summed E-state index contributed by atoms with van der Waals surface area (Å²) in [6.45, 7) is 9.85. The molecule has 0 aromatic heterocycles. The summed E-state index contributed by atoms with van der Waals surface area (Å²) in [6, 6.07) is 15.8. The van der Waals surface area contributed by atoms with E-state index in [4.69, 9.17) is 9.78 Å². The molecule has 2 aromatic rings. The van der Waals surface area contributed by atoms with Crippen molar-refractivity contribution in [1.29, 1.82) is 0 Å². The van der Waals surface area contributed by atoms with Gasteiger partial charge < -0.3 is 5.11 Å². The lowest BCUT2D eigenvalue weighted by molar-refractivity contribution is -0.366. The number of aliphatic hydroxyl groups is 1. The molecule has 0 aliphatic heterocycles. The standard InChI is InChI=1S/C20H26O3/c1-15-10-6-8-12-17(15)20(4,5)23-22-14-16-11-7-9-13-18(16)19(2,3)21/h6-13,21H,14H2,1-5H3. The number of hydrogen-bond donors (Lipinski definition) is 1. The summed E-state index contributed by atoms with van der Waals surface area (Å²) in [5.74, 6) is 0. The lowest BCUT2D eigenvalue weighted by Crippen LogP contribution is -2.24. The average Bonchev–Trinajstić information content (AvgIpc) is 2.47. The zero-order chi connectivity index (χ0) is 17.1. The largest absolute Gasteiger partial charge is 0.386 e. The maximum Gasteiger partial charge on any atom is 0.123 e. The van der Waals surface area contributed by atoms with Crippen LogP contribution in [0, 0.1) is 6.92 Å². The van der Waals surface area contributed by atoms with Crippen LogP contribution in [0.25, 0.3) is 0 Å². The van der Waals surface area contributed by atoms with Crippen LogP contribution in [0.15, 0.2) is 48.5 Å². The Balaban J connectivity index is 2.07. The summed E-state index contributed by atoms with van der Waals surface area (Å²) in [4.78, 5) is 11.2. The van der Waals surface area contributed by atoms with E-state index in [9.17, 15) is 5.11 Å². The zero-order valence-electron chi connectivity index (χ0n) is 14.6. The van der Waals surface area contributed by atoms with E-state index in [-0.39, 0.29) is 6.61 Å². The molecule has 0 saturated carbocycles. The lowest BCUT2D eigenvalue weighted by Gasteiger charge is -2.27. The minimum atomic E-state index is -0.911. The monoisotopic (exact) mass is 314 g/mol. The van der Waals surface area contributed by atoms with Gasteiger partial charge in [-0.3, -0.25) is 0 Å². The Morgan fingerprint density at radius 2 is 1.43 bits per heavy atom. The zero-order valence-corrected chi connectivity index (χ0v) is 14.6. The molecular weight excluding hydrogens is 288 g/mol. The molecule has 0 unspecified atom stereocenters. The molecule has 0 radical (unpaired) electrons. The highest BCUT2D eigenvalue weighted by atomic mass is 17.2. The first kappa shape index (κ1) is 17.7. The quantitative estimate of drug-likeness (QED) is 0.625. The van der Waals surface area contributed by atoms with Crippen molar-refractivity contribution in [2.24, 2.45) is 0 Å². The van der Waals surface area contributed by atoms with Gasteiger partial charge in [-0.15, -0.1) is 0 Å². The third kappa shape index (κ3) is 4.41. The van der Waals surface area contributed by atoms with Crippen LogP contribution in [0.2, 0.25) is 0 Å².